The molecule has 3 heteroatoms. The van der Waals surface area contributed by atoms with Gasteiger partial charge in [0.1, 0.15) is 11.9 Å². The molecule has 0 radical (unpaired) electrons. The van der Waals surface area contributed by atoms with E-state index in [0.717, 1.165) is 31.4 Å². The first-order valence-electron chi connectivity index (χ1n) is 17.7. The Labute approximate surface area is 281 Å². The molecule has 2 heterocycles. The Bertz CT molecular complexity index is 2120. The maximum atomic E-state index is 6.83. The Balaban J connectivity index is 1.14. The van der Waals surface area contributed by atoms with Gasteiger partial charge in [0.25, 0.3) is 0 Å². The Kier molecular flexibility index (Phi) is 6.57. The van der Waals surface area contributed by atoms with Crippen molar-refractivity contribution in [3.63, 3.8) is 0 Å². The van der Waals surface area contributed by atoms with Crippen molar-refractivity contribution in [2.45, 2.75) is 69.9 Å². The SMILES string of the molecule is C1=CC2OC3=C(C=CCC3N(c3ccc(C4=CCCCC4)cc3)c3ccc4ccc5c(c4c3)-c3c(sc4c3C=CCC4)CC5)C2C=C1. The Morgan fingerprint density at radius 1 is 0.745 bits per heavy atom. The van der Waals surface area contributed by atoms with E-state index in [2.05, 4.69) is 126 Å². The number of benzene rings is 3. The summed E-state index contributed by atoms with van der Waals surface area (Å²) in [6, 6.07) is 21.5. The zero-order valence-corrected chi connectivity index (χ0v) is 27.6. The van der Waals surface area contributed by atoms with Crippen molar-refractivity contribution in [3.8, 4) is 11.1 Å². The van der Waals surface area contributed by atoms with Crippen molar-refractivity contribution >= 4 is 45.1 Å². The molecule has 10 rings (SSSR count). The fourth-order valence-electron chi connectivity index (χ4n) is 8.95. The molecule has 47 heavy (non-hydrogen) atoms. The summed E-state index contributed by atoms with van der Waals surface area (Å²) in [4.78, 5) is 5.73. The van der Waals surface area contributed by atoms with Crippen LogP contribution in [0.1, 0.15) is 65.0 Å². The molecule has 6 aliphatic rings. The number of nitrogens with zero attached hydrogens (tertiary/aromatic N) is 1. The molecule has 3 aromatic carbocycles. The van der Waals surface area contributed by atoms with E-state index in [1.165, 1.54) is 93.2 Å². The lowest BCUT2D eigenvalue weighted by Gasteiger charge is -2.36. The van der Waals surface area contributed by atoms with Gasteiger partial charge in [0.15, 0.2) is 0 Å². The zero-order chi connectivity index (χ0) is 30.9. The predicted molar refractivity (Wildman–Crippen MR) is 198 cm³/mol. The van der Waals surface area contributed by atoms with Crippen LogP contribution in [0.3, 0.4) is 0 Å². The molecule has 1 aromatic heterocycles. The Hall–Kier alpha value is -4.34. The van der Waals surface area contributed by atoms with Crippen LogP contribution < -0.4 is 4.90 Å². The van der Waals surface area contributed by atoms with Crippen molar-refractivity contribution in [1.29, 1.82) is 0 Å². The van der Waals surface area contributed by atoms with Crippen LogP contribution in [0.5, 0.6) is 0 Å². The maximum absolute atomic E-state index is 6.83. The van der Waals surface area contributed by atoms with Crippen molar-refractivity contribution in [1.82, 2.24) is 0 Å². The standard InChI is InChI=1S/C44H39NOS/c1-2-9-28(10-3-1)29-19-23-32(24-20-29)45(38-14-8-13-35-34-11-4-6-15-39(34)46-44(35)38)33-25-21-30-17-18-31-22-26-41-43(42(31)37(30)27-33)36-12-5-7-16-40(36)47-41/h4-6,8-9,11-13,15,17-21,23-25,27,34,38-39H,1-3,7,10,14,16,22,26H2. The van der Waals surface area contributed by atoms with Crippen LogP contribution in [0.2, 0.25) is 0 Å². The molecule has 0 bridgehead atoms. The first-order chi connectivity index (χ1) is 23.3. The monoisotopic (exact) mass is 629 g/mol. The zero-order valence-electron chi connectivity index (χ0n) is 26.8. The van der Waals surface area contributed by atoms with Gasteiger partial charge in [0.05, 0.1) is 6.04 Å². The summed E-state index contributed by atoms with van der Waals surface area (Å²) >= 11 is 2.07. The van der Waals surface area contributed by atoms with E-state index in [4.69, 9.17) is 4.74 Å². The molecule has 5 aliphatic carbocycles. The average molecular weight is 630 g/mol. The third-order valence-corrected chi connectivity index (χ3v) is 12.6. The largest absolute Gasteiger partial charge is 0.487 e. The van der Waals surface area contributed by atoms with E-state index < -0.39 is 0 Å². The van der Waals surface area contributed by atoms with E-state index in [1.807, 2.05) is 0 Å². The number of anilines is 2. The summed E-state index contributed by atoms with van der Waals surface area (Å²) in [6.45, 7) is 0. The minimum Gasteiger partial charge on any atom is -0.487 e. The molecule has 3 atom stereocenters. The van der Waals surface area contributed by atoms with Crippen LogP contribution in [0.4, 0.5) is 11.4 Å². The van der Waals surface area contributed by atoms with Gasteiger partial charge in [0.2, 0.25) is 0 Å². The van der Waals surface area contributed by atoms with Crippen LogP contribution in [0.15, 0.2) is 115 Å². The normalized spacial score (nSPS) is 23.5. The molecule has 1 aliphatic heterocycles. The van der Waals surface area contributed by atoms with Gasteiger partial charge in [-0.3, -0.25) is 0 Å². The molecule has 0 saturated carbocycles. The van der Waals surface area contributed by atoms with E-state index in [-0.39, 0.29) is 18.1 Å². The third kappa shape index (κ3) is 4.50. The second-order valence-corrected chi connectivity index (χ2v) is 15.1. The summed E-state index contributed by atoms with van der Waals surface area (Å²) in [7, 11) is 0. The first-order valence-corrected chi connectivity index (χ1v) is 18.5. The van der Waals surface area contributed by atoms with Crippen LogP contribution in [-0.4, -0.2) is 12.1 Å². The van der Waals surface area contributed by atoms with Gasteiger partial charge in [-0.2, -0.15) is 0 Å². The Morgan fingerprint density at radius 2 is 1.64 bits per heavy atom. The topological polar surface area (TPSA) is 12.5 Å². The molecular weight excluding hydrogens is 591 g/mol. The molecule has 2 nitrogen and oxygen atoms in total. The van der Waals surface area contributed by atoms with E-state index in [1.54, 1.807) is 9.75 Å². The fourth-order valence-corrected chi connectivity index (χ4v) is 10.3. The van der Waals surface area contributed by atoms with Crippen molar-refractivity contribution in [2.75, 3.05) is 4.90 Å². The van der Waals surface area contributed by atoms with Gasteiger partial charge >= 0.3 is 0 Å². The summed E-state index contributed by atoms with van der Waals surface area (Å²) in [5, 5.41) is 2.70. The fraction of sp³-hybridized carbons (Fsp3) is 0.273. The number of rotatable bonds is 4. The summed E-state index contributed by atoms with van der Waals surface area (Å²) < 4.78 is 6.83. The van der Waals surface area contributed by atoms with Gasteiger partial charge in [0, 0.05) is 38.2 Å². The van der Waals surface area contributed by atoms with Crippen LogP contribution in [-0.2, 0) is 24.0 Å². The minimum atomic E-state index is 0.0811. The van der Waals surface area contributed by atoms with E-state index >= 15 is 0 Å². The molecule has 0 N–H and O–H groups in total. The number of fused-ring (bicyclic) bond motifs is 9. The van der Waals surface area contributed by atoms with Gasteiger partial charge in [-0.1, -0.05) is 78.9 Å². The second kappa shape index (κ2) is 11.1. The van der Waals surface area contributed by atoms with Gasteiger partial charge < -0.3 is 9.64 Å². The van der Waals surface area contributed by atoms with Gasteiger partial charge in [-0.05, 0) is 127 Å². The third-order valence-electron chi connectivity index (χ3n) is 11.2. The van der Waals surface area contributed by atoms with Crippen LogP contribution in [0.25, 0.3) is 33.5 Å². The maximum Gasteiger partial charge on any atom is 0.127 e. The van der Waals surface area contributed by atoms with Crippen LogP contribution in [0, 0.1) is 5.92 Å². The van der Waals surface area contributed by atoms with E-state index in [0.29, 0.717) is 0 Å². The van der Waals surface area contributed by atoms with Gasteiger partial charge in [-0.15, -0.1) is 11.3 Å². The van der Waals surface area contributed by atoms with Crippen molar-refractivity contribution in [3.05, 3.63) is 141 Å². The van der Waals surface area contributed by atoms with Gasteiger partial charge in [-0.25, -0.2) is 0 Å². The number of aryl methyl sites for hydroxylation is 3. The molecule has 232 valence electrons. The second-order valence-electron chi connectivity index (χ2n) is 13.9. The lowest BCUT2D eigenvalue weighted by molar-refractivity contribution is 0.151. The molecule has 0 fully saturated rings. The number of ether oxygens (including phenoxy) is 1. The summed E-state index contributed by atoms with van der Waals surface area (Å²) in [6.07, 6.45) is 31.4. The summed E-state index contributed by atoms with van der Waals surface area (Å²) in [5.41, 5.74) is 12.6. The highest BCUT2D eigenvalue weighted by molar-refractivity contribution is 7.12. The number of hydrogen-bond acceptors (Lipinski definition) is 3. The molecule has 0 spiro atoms. The van der Waals surface area contributed by atoms with Crippen molar-refractivity contribution in [2.24, 2.45) is 5.92 Å². The number of allylic oxidation sites excluding steroid dienone is 6. The number of thiophene rings is 1. The molecular formula is C44H39NOS. The minimum absolute atomic E-state index is 0.0811. The summed E-state index contributed by atoms with van der Waals surface area (Å²) in [5.74, 6) is 1.42. The highest BCUT2D eigenvalue weighted by Gasteiger charge is 2.40. The smallest absolute Gasteiger partial charge is 0.127 e. The average Bonchev–Trinajstić information content (AvgIpc) is 3.71. The first kappa shape index (κ1) is 27.7. The van der Waals surface area contributed by atoms with Crippen molar-refractivity contribution < 1.29 is 4.74 Å². The molecule has 3 unspecified atom stereocenters. The van der Waals surface area contributed by atoms with Crippen LogP contribution >= 0.6 is 11.3 Å². The number of hydrogen-bond donors (Lipinski definition) is 0. The quantitative estimate of drug-likeness (QED) is 0.223. The molecule has 4 aromatic rings. The molecule has 0 saturated heterocycles. The molecule has 0 amide bonds. The van der Waals surface area contributed by atoms with E-state index in [9.17, 15) is 0 Å². The highest BCUT2D eigenvalue weighted by Crippen LogP contribution is 2.49. The highest BCUT2D eigenvalue weighted by atomic mass is 32.1. The lowest BCUT2D eigenvalue weighted by Crippen LogP contribution is -2.34. The lowest BCUT2D eigenvalue weighted by atomic mass is 9.83. The predicted octanol–water partition coefficient (Wildman–Crippen LogP) is 11.4. The Morgan fingerprint density at radius 3 is 2.55 bits per heavy atom.